The Kier molecular flexibility index (Phi) is 4.42. The molecule has 0 saturated heterocycles. The van der Waals surface area contributed by atoms with Crippen LogP contribution < -0.4 is 10.5 Å². The topological polar surface area (TPSA) is 148 Å². The molecule has 1 heterocycles. The molecular formula is C16H11N3O8. The van der Waals surface area contributed by atoms with Crippen LogP contribution in [-0.4, -0.2) is 20.4 Å². The molecule has 3 aromatic rings. The summed E-state index contributed by atoms with van der Waals surface area (Å²) in [6.07, 6.45) is 0. The molecule has 0 atom stereocenters. The summed E-state index contributed by atoms with van der Waals surface area (Å²) in [6, 6.07) is 7.35. The van der Waals surface area contributed by atoms with Gasteiger partial charge in [-0.1, -0.05) is 0 Å². The van der Waals surface area contributed by atoms with Crippen LogP contribution in [0.5, 0.6) is 5.75 Å². The van der Waals surface area contributed by atoms with Gasteiger partial charge in [0.25, 0.3) is 11.4 Å². The number of nitro benzene ring substituents is 2. The number of carbonyl (C=O) groups is 1. The molecule has 0 unspecified atom stereocenters. The van der Waals surface area contributed by atoms with Crippen molar-refractivity contribution in [1.29, 1.82) is 0 Å². The van der Waals surface area contributed by atoms with E-state index in [0.29, 0.717) is 5.56 Å². The summed E-state index contributed by atoms with van der Waals surface area (Å²) in [5.41, 5.74) is 0.0971. The Hall–Kier alpha value is -4.02. The van der Waals surface area contributed by atoms with Crippen molar-refractivity contribution in [3.8, 4) is 5.75 Å². The number of esters is 1. The maximum absolute atomic E-state index is 12.1. The fraction of sp³-hybridized carbons (Fsp3) is 0.125. The molecule has 0 saturated carbocycles. The van der Waals surface area contributed by atoms with Crippen molar-refractivity contribution in [3.05, 3.63) is 72.7 Å². The van der Waals surface area contributed by atoms with Gasteiger partial charge in [-0.05, 0) is 25.1 Å². The van der Waals surface area contributed by atoms with E-state index in [1.165, 1.54) is 37.3 Å². The lowest BCUT2D eigenvalue weighted by atomic mass is 10.2. The Labute approximate surface area is 149 Å². The zero-order valence-corrected chi connectivity index (χ0v) is 13.8. The van der Waals surface area contributed by atoms with Crippen molar-refractivity contribution >= 4 is 28.4 Å². The third-order valence-electron chi connectivity index (χ3n) is 3.75. The smallest absolute Gasteiger partial charge is 0.420 e. The fourth-order valence-corrected chi connectivity index (χ4v) is 2.51. The Morgan fingerprint density at radius 3 is 2.52 bits per heavy atom. The van der Waals surface area contributed by atoms with Crippen LogP contribution in [0.3, 0.4) is 0 Å². The van der Waals surface area contributed by atoms with E-state index in [1.54, 1.807) is 0 Å². The van der Waals surface area contributed by atoms with Crippen molar-refractivity contribution in [2.75, 3.05) is 0 Å². The van der Waals surface area contributed by atoms with E-state index in [9.17, 15) is 29.8 Å². The van der Waals surface area contributed by atoms with Crippen LogP contribution in [0.25, 0.3) is 11.1 Å². The average molecular weight is 373 g/mol. The van der Waals surface area contributed by atoms with Crippen molar-refractivity contribution in [2.45, 2.75) is 13.5 Å². The highest BCUT2D eigenvalue weighted by Gasteiger charge is 2.18. The lowest BCUT2D eigenvalue weighted by Gasteiger charge is -2.06. The second-order valence-electron chi connectivity index (χ2n) is 5.54. The average Bonchev–Trinajstić information content (AvgIpc) is 2.89. The summed E-state index contributed by atoms with van der Waals surface area (Å²) in [5.74, 6) is -1.60. The Bertz CT molecular complexity index is 1140. The maximum Gasteiger partial charge on any atom is 0.420 e. The first-order valence-corrected chi connectivity index (χ1v) is 7.50. The molecule has 0 aliphatic carbocycles. The zero-order valence-electron chi connectivity index (χ0n) is 13.8. The van der Waals surface area contributed by atoms with E-state index in [4.69, 9.17) is 9.15 Å². The van der Waals surface area contributed by atoms with Gasteiger partial charge in [0.1, 0.15) is 12.3 Å². The molecule has 0 aliphatic heterocycles. The molecule has 2 aromatic carbocycles. The number of rotatable bonds is 5. The zero-order chi connectivity index (χ0) is 19.7. The Balaban J connectivity index is 1.83. The van der Waals surface area contributed by atoms with Crippen LogP contribution in [0.15, 0.2) is 45.6 Å². The number of non-ortho nitro benzene ring substituents is 1. The minimum Gasteiger partial charge on any atom is -0.425 e. The lowest BCUT2D eigenvalue weighted by molar-refractivity contribution is -0.385. The van der Waals surface area contributed by atoms with Crippen LogP contribution in [0, 0.1) is 27.2 Å². The molecule has 27 heavy (non-hydrogen) atoms. The number of hydrogen-bond donors (Lipinski definition) is 0. The van der Waals surface area contributed by atoms with Gasteiger partial charge in [0.2, 0.25) is 0 Å². The van der Waals surface area contributed by atoms with E-state index >= 15 is 0 Å². The number of benzene rings is 2. The maximum atomic E-state index is 12.1. The number of aryl methyl sites for hydroxylation is 1. The van der Waals surface area contributed by atoms with Gasteiger partial charge in [-0.3, -0.25) is 24.8 Å². The number of nitro groups is 2. The molecule has 1 aromatic heterocycles. The molecular weight excluding hydrogens is 362 g/mol. The van der Waals surface area contributed by atoms with E-state index in [1.807, 2.05) is 0 Å². The van der Waals surface area contributed by atoms with Gasteiger partial charge in [-0.15, -0.1) is 0 Å². The summed E-state index contributed by atoms with van der Waals surface area (Å²) in [5, 5.41) is 21.6. The standard InChI is InChI=1S/C16H11N3O8/c1-9-6-11(3-5-12(9)19(24)25)26-15(20)8-17-13-4-2-10(18(22)23)7-14(13)27-16(17)21/h2-7H,8H2,1H3. The third-order valence-corrected chi connectivity index (χ3v) is 3.75. The third kappa shape index (κ3) is 3.51. The largest absolute Gasteiger partial charge is 0.425 e. The number of fused-ring (bicyclic) bond motifs is 1. The molecule has 0 fully saturated rings. The lowest BCUT2D eigenvalue weighted by Crippen LogP contribution is -2.23. The molecule has 0 spiro atoms. The second-order valence-corrected chi connectivity index (χ2v) is 5.54. The fourth-order valence-electron chi connectivity index (χ4n) is 2.51. The van der Waals surface area contributed by atoms with Gasteiger partial charge < -0.3 is 9.15 Å². The number of hydrogen-bond acceptors (Lipinski definition) is 8. The highest BCUT2D eigenvalue weighted by molar-refractivity contribution is 5.79. The molecule has 11 heteroatoms. The summed E-state index contributed by atoms with van der Waals surface area (Å²) in [6.45, 7) is 0.996. The van der Waals surface area contributed by atoms with Gasteiger partial charge in [0, 0.05) is 17.7 Å². The molecule has 3 rings (SSSR count). The van der Waals surface area contributed by atoms with Crippen LogP contribution in [0.1, 0.15) is 5.56 Å². The van der Waals surface area contributed by atoms with Crippen LogP contribution in [-0.2, 0) is 11.3 Å². The minimum absolute atomic E-state index is 0.0341. The Morgan fingerprint density at radius 1 is 1.15 bits per heavy atom. The molecule has 0 bridgehead atoms. The van der Waals surface area contributed by atoms with Gasteiger partial charge in [0.15, 0.2) is 5.58 Å². The molecule has 0 N–H and O–H groups in total. The number of carbonyl (C=O) groups excluding carboxylic acids is 1. The molecule has 0 amide bonds. The van der Waals surface area contributed by atoms with E-state index in [2.05, 4.69) is 0 Å². The highest BCUT2D eigenvalue weighted by Crippen LogP contribution is 2.24. The van der Waals surface area contributed by atoms with Gasteiger partial charge >= 0.3 is 11.7 Å². The quantitative estimate of drug-likeness (QED) is 0.286. The van der Waals surface area contributed by atoms with E-state index in [-0.39, 0.29) is 28.2 Å². The predicted octanol–water partition coefficient (Wildman–Crippen LogP) is 2.32. The van der Waals surface area contributed by atoms with Crippen molar-refractivity contribution in [3.63, 3.8) is 0 Å². The van der Waals surface area contributed by atoms with Crippen LogP contribution in [0.2, 0.25) is 0 Å². The number of ether oxygens (including phenoxy) is 1. The van der Waals surface area contributed by atoms with Gasteiger partial charge in [0.05, 0.1) is 21.4 Å². The SMILES string of the molecule is Cc1cc(OC(=O)Cn2c(=O)oc3cc([N+](=O)[O-])ccc32)ccc1[N+](=O)[O-]. The highest BCUT2D eigenvalue weighted by atomic mass is 16.6. The second kappa shape index (κ2) is 6.71. The van der Waals surface area contributed by atoms with Crippen molar-refractivity contribution in [2.24, 2.45) is 0 Å². The van der Waals surface area contributed by atoms with E-state index < -0.39 is 28.1 Å². The summed E-state index contributed by atoms with van der Waals surface area (Å²) < 4.78 is 11.0. The van der Waals surface area contributed by atoms with Gasteiger partial charge in [-0.2, -0.15) is 0 Å². The minimum atomic E-state index is -0.873. The van der Waals surface area contributed by atoms with E-state index in [0.717, 1.165) is 10.6 Å². The van der Waals surface area contributed by atoms with Crippen molar-refractivity contribution < 1.29 is 23.8 Å². The first-order chi connectivity index (χ1) is 12.8. The normalized spacial score (nSPS) is 10.7. The Morgan fingerprint density at radius 2 is 1.89 bits per heavy atom. The predicted molar refractivity (Wildman–Crippen MR) is 90.6 cm³/mol. The summed E-state index contributed by atoms with van der Waals surface area (Å²) in [4.78, 5) is 44.4. The molecule has 0 radical (unpaired) electrons. The van der Waals surface area contributed by atoms with Crippen LogP contribution in [0.4, 0.5) is 11.4 Å². The number of aromatic nitrogens is 1. The number of oxazole rings is 1. The first-order valence-electron chi connectivity index (χ1n) is 7.50. The van der Waals surface area contributed by atoms with Crippen LogP contribution >= 0.6 is 0 Å². The molecule has 11 nitrogen and oxygen atoms in total. The summed E-state index contributed by atoms with van der Waals surface area (Å²) in [7, 11) is 0. The van der Waals surface area contributed by atoms with Crippen molar-refractivity contribution in [1.82, 2.24) is 4.57 Å². The summed E-state index contributed by atoms with van der Waals surface area (Å²) >= 11 is 0. The van der Waals surface area contributed by atoms with Gasteiger partial charge in [-0.25, -0.2) is 9.59 Å². The first kappa shape index (κ1) is 17.8. The molecule has 0 aliphatic rings. The molecule has 138 valence electrons. The monoisotopic (exact) mass is 373 g/mol. The number of nitrogens with zero attached hydrogens (tertiary/aromatic N) is 3.